The monoisotopic (exact) mass is 355 g/mol. The number of benzene rings is 1. The van der Waals surface area contributed by atoms with Gasteiger partial charge in [-0.15, -0.1) is 0 Å². The zero-order valence-electron chi connectivity index (χ0n) is 15.9. The van der Waals surface area contributed by atoms with Crippen molar-refractivity contribution in [2.75, 3.05) is 6.54 Å². The van der Waals surface area contributed by atoms with Crippen molar-refractivity contribution in [1.82, 2.24) is 15.6 Å². The zero-order valence-corrected chi connectivity index (χ0v) is 15.9. The minimum absolute atomic E-state index is 0.00681. The van der Waals surface area contributed by atoms with Gasteiger partial charge in [0.1, 0.15) is 0 Å². The second-order valence-corrected chi connectivity index (χ2v) is 7.23. The predicted molar refractivity (Wildman–Crippen MR) is 105 cm³/mol. The first-order valence-electron chi connectivity index (χ1n) is 9.33. The molecule has 2 aromatic rings. The first-order chi connectivity index (χ1) is 12.5. The second-order valence-electron chi connectivity index (χ2n) is 7.23. The summed E-state index contributed by atoms with van der Waals surface area (Å²) in [5.41, 5.74) is 0.998. The number of hydrogen-bond acceptors (Lipinski definition) is 3. The molecule has 2 amide bonds. The van der Waals surface area contributed by atoms with Crippen LogP contribution in [-0.4, -0.2) is 29.4 Å². The Labute approximate surface area is 155 Å². The molecule has 0 saturated heterocycles. The maximum atomic E-state index is 12.2. The third-order valence-corrected chi connectivity index (χ3v) is 4.38. The number of hydrogen-bond donors (Lipinski definition) is 2. The highest BCUT2D eigenvalue weighted by Crippen LogP contribution is 2.17. The number of fused-ring (bicyclic) bond motifs is 1. The molecular formula is C21H29N3O2. The Kier molecular flexibility index (Phi) is 7.57. The molecule has 1 aromatic carbocycles. The minimum Gasteiger partial charge on any atom is -0.356 e. The second kappa shape index (κ2) is 9.90. The lowest BCUT2D eigenvalue weighted by molar-refractivity contribution is -0.122. The first kappa shape index (κ1) is 19.9. The molecule has 2 N–H and O–H groups in total. The average molecular weight is 355 g/mol. The number of amides is 2. The van der Waals surface area contributed by atoms with Crippen LogP contribution >= 0.6 is 0 Å². The van der Waals surface area contributed by atoms with Crippen molar-refractivity contribution in [2.45, 2.75) is 52.5 Å². The Morgan fingerprint density at radius 2 is 1.88 bits per heavy atom. The van der Waals surface area contributed by atoms with Crippen LogP contribution in [0.4, 0.5) is 0 Å². The van der Waals surface area contributed by atoms with E-state index in [2.05, 4.69) is 29.5 Å². The summed E-state index contributed by atoms with van der Waals surface area (Å²) in [6.07, 6.45) is 6.07. The standard InChI is InChI=1S/C21H29N3O2/c1-15(2)7-8-20(25)24-16(3)9-12-23-21(26)13-17-5-4-6-18-14-22-11-10-19(17)18/h4-6,10-11,14-16H,7-9,12-13H2,1-3H3,(H,23,26)(H,24,25)/t16-/m0/s1. The highest BCUT2D eigenvalue weighted by atomic mass is 16.2. The van der Waals surface area contributed by atoms with Crippen molar-refractivity contribution in [3.05, 3.63) is 42.2 Å². The summed E-state index contributed by atoms with van der Waals surface area (Å²) in [5, 5.41) is 8.03. The van der Waals surface area contributed by atoms with Gasteiger partial charge in [0.25, 0.3) is 0 Å². The van der Waals surface area contributed by atoms with E-state index in [0.29, 0.717) is 25.3 Å². The van der Waals surface area contributed by atoms with E-state index in [1.54, 1.807) is 12.4 Å². The van der Waals surface area contributed by atoms with Crippen LogP contribution in [-0.2, 0) is 16.0 Å². The molecule has 0 unspecified atom stereocenters. The summed E-state index contributed by atoms with van der Waals surface area (Å²) < 4.78 is 0. The fourth-order valence-corrected chi connectivity index (χ4v) is 2.85. The van der Waals surface area contributed by atoms with Gasteiger partial charge in [0.2, 0.25) is 11.8 Å². The molecule has 0 aliphatic rings. The van der Waals surface area contributed by atoms with Crippen LogP contribution in [0.15, 0.2) is 36.7 Å². The molecule has 1 heterocycles. The molecule has 140 valence electrons. The van der Waals surface area contributed by atoms with Gasteiger partial charge in [-0.2, -0.15) is 0 Å². The lowest BCUT2D eigenvalue weighted by Crippen LogP contribution is -2.36. The normalized spacial score (nSPS) is 12.2. The lowest BCUT2D eigenvalue weighted by atomic mass is 10.0. The van der Waals surface area contributed by atoms with Gasteiger partial charge in [0.05, 0.1) is 6.42 Å². The Morgan fingerprint density at radius 3 is 2.65 bits per heavy atom. The SMILES string of the molecule is CC(C)CCC(=O)N[C@@H](C)CCNC(=O)Cc1cccc2cnccc12. The Morgan fingerprint density at radius 1 is 1.08 bits per heavy atom. The molecule has 0 aliphatic heterocycles. The van der Waals surface area contributed by atoms with E-state index >= 15 is 0 Å². The van der Waals surface area contributed by atoms with E-state index in [4.69, 9.17) is 0 Å². The molecule has 5 nitrogen and oxygen atoms in total. The molecule has 0 fully saturated rings. The Bertz CT molecular complexity index is 738. The summed E-state index contributed by atoms with van der Waals surface area (Å²) in [5.74, 6) is 0.606. The summed E-state index contributed by atoms with van der Waals surface area (Å²) in [4.78, 5) is 28.2. The van der Waals surface area contributed by atoms with Crippen molar-refractivity contribution in [3.8, 4) is 0 Å². The molecule has 0 radical (unpaired) electrons. The molecule has 0 aliphatic carbocycles. The van der Waals surface area contributed by atoms with Crippen LogP contribution in [0.1, 0.15) is 45.6 Å². The van der Waals surface area contributed by atoms with Crippen molar-refractivity contribution >= 4 is 22.6 Å². The average Bonchev–Trinajstić information content (AvgIpc) is 2.60. The third-order valence-electron chi connectivity index (χ3n) is 4.38. The highest BCUT2D eigenvalue weighted by Gasteiger charge is 2.10. The fraction of sp³-hybridized carbons (Fsp3) is 0.476. The number of nitrogens with zero attached hydrogens (tertiary/aromatic N) is 1. The summed E-state index contributed by atoms with van der Waals surface area (Å²) in [6, 6.07) is 7.90. The Hall–Kier alpha value is -2.43. The fourth-order valence-electron chi connectivity index (χ4n) is 2.85. The molecule has 1 aromatic heterocycles. The summed E-state index contributed by atoms with van der Waals surface area (Å²) in [7, 11) is 0. The number of carbonyl (C=O) groups excluding carboxylic acids is 2. The maximum absolute atomic E-state index is 12.2. The minimum atomic E-state index is -0.00681. The van der Waals surface area contributed by atoms with E-state index < -0.39 is 0 Å². The van der Waals surface area contributed by atoms with E-state index in [-0.39, 0.29) is 17.9 Å². The van der Waals surface area contributed by atoms with Crippen LogP contribution in [0.5, 0.6) is 0 Å². The van der Waals surface area contributed by atoms with Gasteiger partial charge >= 0.3 is 0 Å². The summed E-state index contributed by atoms with van der Waals surface area (Å²) in [6.45, 7) is 6.74. The van der Waals surface area contributed by atoms with Gasteiger partial charge in [-0.1, -0.05) is 32.0 Å². The van der Waals surface area contributed by atoms with Crippen LogP contribution in [0.3, 0.4) is 0 Å². The van der Waals surface area contributed by atoms with Crippen LogP contribution < -0.4 is 10.6 Å². The van der Waals surface area contributed by atoms with Crippen LogP contribution in [0.25, 0.3) is 10.8 Å². The van der Waals surface area contributed by atoms with Crippen LogP contribution in [0.2, 0.25) is 0 Å². The van der Waals surface area contributed by atoms with Gasteiger partial charge in [0.15, 0.2) is 0 Å². The number of carbonyl (C=O) groups is 2. The van der Waals surface area contributed by atoms with E-state index in [1.165, 1.54) is 0 Å². The van der Waals surface area contributed by atoms with Crippen molar-refractivity contribution in [1.29, 1.82) is 0 Å². The van der Waals surface area contributed by atoms with Crippen LogP contribution in [0, 0.1) is 5.92 Å². The maximum Gasteiger partial charge on any atom is 0.224 e. The number of pyridine rings is 1. The number of aromatic nitrogens is 1. The van der Waals surface area contributed by atoms with Gasteiger partial charge in [-0.25, -0.2) is 0 Å². The molecule has 0 bridgehead atoms. The largest absolute Gasteiger partial charge is 0.356 e. The molecule has 2 rings (SSSR count). The Balaban J connectivity index is 1.74. The number of nitrogens with one attached hydrogen (secondary N) is 2. The third kappa shape index (κ3) is 6.47. The smallest absolute Gasteiger partial charge is 0.224 e. The molecule has 0 spiro atoms. The van der Waals surface area contributed by atoms with Crippen molar-refractivity contribution in [3.63, 3.8) is 0 Å². The van der Waals surface area contributed by atoms with E-state index in [9.17, 15) is 9.59 Å². The first-order valence-corrected chi connectivity index (χ1v) is 9.33. The van der Waals surface area contributed by atoms with Crippen molar-refractivity contribution < 1.29 is 9.59 Å². The molecule has 1 atom stereocenters. The lowest BCUT2D eigenvalue weighted by Gasteiger charge is -2.15. The number of rotatable bonds is 9. The molecular weight excluding hydrogens is 326 g/mol. The van der Waals surface area contributed by atoms with Gasteiger partial charge in [0, 0.05) is 36.8 Å². The predicted octanol–water partition coefficient (Wildman–Crippen LogP) is 3.22. The van der Waals surface area contributed by atoms with E-state index in [1.807, 2.05) is 31.2 Å². The molecule has 5 heteroatoms. The quantitative estimate of drug-likeness (QED) is 0.725. The van der Waals surface area contributed by atoms with Crippen molar-refractivity contribution in [2.24, 2.45) is 5.92 Å². The topological polar surface area (TPSA) is 71.1 Å². The van der Waals surface area contributed by atoms with Gasteiger partial charge in [-0.3, -0.25) is 14.6 Å². The van der Waals surface area contributed by atoms with Gasteiger partial charge < -0.3 is 10.6 Å². The molecule has 0 saturated carbocycles. The molecule has 26 heavy (non-hydrogen) atoms. The highest BCUT2D eigenvalue weighted by molar-refractivity contribution is 5.89. The summed E-state index contributed by atoms with van der Waals surface area (Å²) >= 11 is 0. The van der Waals surface area contributed by atoms with Gasteiger partial charge in [-0.05, 0) is 42.7 Å². The van der Waals surface area contributed by atoms with E-state index in [0.717, 1.165) is 29.2 Å². The zero-order chi connectivity index (χ0) is 18.9.